The smallest absolute Gasteiger partial charge is 0.254 e. The first-order chi connectivity index (χ1) is 12.8. The Balaban J connectivity index is 1.66. The van der Waals surface area contributed by atoms with Crippen LogP contribution in [0.1, 0.15) is 36.6 Å². The van der Waals surface area contributed by atoms with Crippen LogP contribution in [0.3, 0.4) is 0 Å². The predicted octanol–water partition coefficient (Wildman–Crippen LogP) is 2.92. The van der Waals surface area contributed by atoms with Crippen molar-refractivity contribution in [2.24, 2.45) is 0 Å². The molecule has 0 radical (unpaired) electrons. The van der Waals surface area contributed by atoms with Crippen molar-refractivity contribution in [3.05, 3.63) is 53.5 Å². The maximum Gasteiger partial charge on any atom is 0.254 e. The quantitative estimate of drug-likeness (QED) is 0.741. The molecule has 1 fully saturated rings. The number of aromatic nitrogens is 4. The van der Waals surface area contributed by atoms with E-state index in [-0.39, 0.29) is 0 Å². The molecule has 26 heavy (non-hydrogen) atoms. The van der Waals surface area contributed by atoms with Crippen molar-refractivity contribution >= 4 is 11.6 Å². The zero-order valence-electron chi connectivity index (χ0n) is 15.5. The predicted molar refractivity (Wildman–Crippen MR) is 104 cm³/mol. The van der Waals surface area contributed by atoms with Gasteiger partial charge in [0.15, 0.2) is 0 Å². The number of likely N-dealkylation sites (N-methyl/N-ethyl adjacent to an activating group) is 1. The molecule has 0 bridgehead atoms. The van der Waals surface area contributed by atoms with Crippen LogP contribution in [-0.2, 0) is 6.42 Å². The molecular formula is C20H26N6. The van der Waals surface area contributed by atoms with Crippen LogP contribution in [0, 0.1) is 6.92 Å². The van der Waals surface area contributed by atoms with E-state index < -0.39 is 0 Å². The summed E-state index contributed by atoms with van der Waals surface area (Å²) in [6.45, 7) is 7.54. The molecule has 3 heterocycles. The second kappa shape index (κ2) is 7.41. The number of likely N-dealkylation sites (tertiary alicyclic amines) is 1. The van der Waals surface area contributed by atoms with Crippen LogP contribution < -0.4 is 5.32 Å². The van der Waals surface area contributed by atoms with Gasteiger partial charge >= 0.3 is 0 Å². The number of rotatable bonds is 6. The molecular weight excluding hydrogens is 324 g/mol. The third-order valence-electron chi connectivity index (χ3n) is 5.37. The highest BCUT2D eigenvalue weighted by atomic mass is 15.4. The first kappa shape index (κ1) is 17.0. The van der Waals surface area contributed by atoms with Gasteiger partial charge in [0.2, 0.25) is 0 Å². The Kier molecular flexibility index (Phi) is 4.84. The molecule has 1 atom stereocenters. The molecule has 4 rings (SSSR count). The van der Waals surface area contributed by atoms with E-state index in [0.717, 1.165) is 31.0 Å². The van der Waals surface area contributed by atoms with Crippen molar-refractivity contribution in [3.8, 4) is 0 Å². The molecule has 1 aliphatic rings. The van der Waals surface area contributed by atoms with Crippen LogP contribution >= 0.6 is 0 Å². The van der Waals surface area contributed by atoms with Gasteiger partial charge in [0.1, 0.15) is 12.1 Å². The molecule has 6 heteroatoms. The molecule has 136 valence electrons. The van der Waals surface area contributed by atoms with E-state index >= 15 is 0 Å². The lowest BCUT2D eigenvalue weighted by atomic mass is 10.0. The first-order valence-electron chi connectivity index (χ1n) is 9.47. The summed E-state index contributed by atoms with van der Waals surface area (Å²) in [6, 6.07) is 11.1. The number of benzene rings is 1. The lowest BCUT2D eigenvalue weighted by molar-refractivity contribution is 0.277. The Morgan fingerprint density at radius 2 is 2.08 bits per heavy atom. The monoisotopic (exact) mass is 350 g/mol. The zero-order chi connectivity index (χ0) is 17.9. The van der Waals surface area contributed by atoms with E-state index in [1.807, 2.05) is 10.6 Å². The van der Waals surface area contributed by atoms with Crippen LogP contribution in [0.2, 0.25) is 0 Å². The average molecular weight is 350 g/mol. The Hall–Kier alpha value is -2.47. The van der Waals surface area contributed by atoms with Gasteiger partial charge in [-0.25, -0.2) is 4.98 Å². The highest BCUT2D eigenvalue weighted by Gasteiger charge is 2.24. The first-order valence-corrected chi connectivity index (χ1v) is 9.47. The maximum atomic E-state index is 4.64. The molecule has 0 spiro atoms. The third kappa shape index (κ3) is 3.29. The fourth-order valence-electron chi connectivity index (χ4n) is 3.94. The molecule has 0 amide bonds. The molecule has 1 aromatic carbocycles. The molecule has 1 unspecified atom stereocenters. The summed E-state index contributed by atoms with van der Waals surface area (Å²) in [7, 11) is 0. The van der Waals surface area contributed by atoms with E-state index in [1.54, 1.807) is 6.33 Å². The second-order valence-electron chi connectivity index (χ2n) is 6.96. The van der Waals surface area contributed by atoms with Gasteiger partial charge in [-0.3, -0.25) is 4.90 Å². The van der Waals surface area contributed by atoms with Gasteiger partial charge in [-0.1, -0.05) is 37.3 Å². The van der Waals surface area contributed by atoms with Gasteiger partial charge in [0.05, 0.1) is 0 Å². The average Bonchev–Trinajstić information content (AvgIpc) is 3.31. The molecule has 2 aromatic heterocycles. The van der Waals surface area contributed by atoms with Crippen molar-refractivity contribution in [3.63, 3.8) is 0 Å². The minimum absolute atomic E-state index is 0.580. The van der Waals surface area contributed by atoms with E-state index in [2.05, 4.69) is 63.4 Å². The number of nitrogens with one attached hydrogen (secondary N) is 1. The molecule has 1 aliphatic heterocycles. The van der Waals surface area contributed by atoms with Gasteiger partial charge in [-0.2, -0.15) is 14.6 Å². The molecule has 0 aliphatic carbocycles. The van der Waals surface area contributed by atoms with Gasteiger partial charge < -0.3 is 5.32 Å². The van der Waals surface area contributed by atoms with Crippen molar-refractivity contribution in [2.75, 3.05) is 25.0 Å². The standard InChI is InChI=1S/C20H26N6/c1-3-25-11-7-10-17(25)13-21-19-18(12-16-8-5-4-6-9-16)15(2)24-20-22-14-23-26(19)20/h4-6,8-9,14,17,21H,3,7,10-13H2,1-2H3. The van der Waals surface area contributed by atoms with Crippen LogP contribution in [0.4, 0.5) is 5.82 Å². The molecule has 1 saturated heterocycles. The number of nitrogens with zero attached hydrogens (tertiary/aromatic N) is 5. The van der Waals surface area contributed by atoms with Gasteiger partial charge in [0, 0.05) is 30.3 Å². The Labute approximate surface area is 154 Å². The van der Waals surface area contributed by atoms with Gasteiger partial charge in [-0.15, -0.1) is 0 Å². The van der Waals surface area contributed by atoms with E-state index in [4.69, 9.17) is 0 Å². The number of hydrogen-bond acceptors (Lipinski definition) is 5. The number of anilines is 1. The van der Waals surface area contributed by atoms with Crippen molar-refractivity contribution < 1.29 is 0 Å². The van der Waals surface area contributed by atoms with Gasteiger partial charge in [0.25, 0.3) is 5.78 Å². The van der Waals surface area contributed by atoms with Crippen molar-refractivity contribution in [1.29, 1.82) is 0 Å². The Morgan fingerprint density at radius 1 is 1.23 bits per heavy atom. The number of fused-ring (bicyclic) bond motifs is 1. The fourth-order valence-corrected chi connectivity index (χ4v) is 3.94. The van der Waals surface area contributed by atoms with Crippen LogP contribution in [-0.4, -0.2) is 50.2 Å². The minimum Gasteiger partial charge on any atom is -0.368 e. The summed E-state index contributed by atoms with van der Waals surface area (Å²) >= 11 is 0. The largest absolute Gasteiger partial charge is 0.368 e. The van der Waals surface area contributed by atoms with Crippen molar-refractivity contribution in [1.82, 2.24) is 24.5 Å². The van der Waals surface area contributed by atoms with E-state index in [1.165, 1.54) is 30.5 Å². The van der Waals surface area contributed by atoms with Crippen molar-refractivity contribution in [2.45, 2.75) is 39.2 Å². The minimum atomic E-state index is 0.580. The summed E-state index contributed by atoms with van der Waals surface area (Å²) in [5.74, 6) is 1.68. The molecule has 0 saturated carbocycles. The van der Waals surface area contributed by atoms with E-state index in [9.17, 15) is 0 Å². The summed E-state index contributed by atoms with van der Waals surface area (Å²) in [5.41, 5.74) is 3.47. The molecule has 1 N–H and O–H groups in total. The topological polar surface area (TPSA) is 58.3 Å². The molecule has 6 nitrogen and oxygen atoms in total. The fraction of sp³-hybridized carbons (Fsp3) is 0.450. The maximum absolute atomic E-state index is 4.64. The van der Waals surface area contributed by atoms with Crippen LogP contribution in [0.15, 0.2) is 36.7 Å². The highest BCUT2D eigenvalue weighted by Crippen LogP contribution is 2.24. The molecule has 3 aromatic rings. The summed E-state index contributed by atoms with van der Waals surface area (Å²) in [6.07, 6.45) is 4.94. The summed E-state index contributed by atoms with van der Waals surface area (Å²) in [4.78, 5) is 11.5. The van der Waals surface area contributed by atoms with Gasteiger partial charge in [-0.05, 0) is 38.4 Å². The number of hydrogen-bond donors (Lipinski definition) is 1. The third-order valence-corrected chi connectivity index (χ3v) is 5.37. The summed E-state index contributed by atoms with van der Waals surface area (Å²) < 4.78 is 1.84. The van der Waals surface area contributed by atoms with E-state index in [0.29, 0.717) is 11.8 Å². The second-order valence-corrected chi connectivity index (χ2v) is 6.96. The van der Waals surface area contributed by atoms with Crippen LogP contribution in [0.25, 0.3) is 5.78 Å². The summed E-state index contributed by atoms with van der Waals surface area (Å²) in [5, 5.41) is 8.10. The lowest BCUT2D eigenvalue weighted by Crippen LogP contribution is -2.35. The van der Waals surface area contributed by atoms with Crippen LogP contribution in [0.5, 0.6) is 0 Å². The SMILES string of the molecule is CCN1CCCC1CNc1c(Cc2ccccc2)c(C)nc2ncnn12. The normalized spacial score (nSPS) is 17.8. The highest BCUT2D eigenvalue weighted by molar-refractivity contribution is 5.54. The zero-order valence-corrected chi connectivity index (χ0v) is 15.5. The lowest BCUT2D eigenvalue weighted by Gasteiger charge is -2.24. The Morgan fingerprint density at radius 3 is 2.88 bits per heavy atom. The number of aryl methyl sites for hydroxylation is 1. The Bertz CT molecular complexity index is 873.